The molecule has 0 aliphatic heterocycles. The van der Waals surface area contributed by atoms with E-state index in [9.17, 15) is 5.11 Å². The van der Waals surface area contributed by atoms with Gasteiger partial charge in [0.1, 0.15) is 0 Å². The first-order valence-electron chi connectivity index (χ1n) is 5.59. The van der Waals surface area contributed by atoms with Crippen molar-refractivity contribution in [1.82, 2.24) is 5.32 Å². The van der Waals surface area contributed by atoms with E-state index in [0.717, 1.165) is 31.8 Å². The summed E-state index contributed by atoms with van der Waals surface area (Å²) in [6.45, 7) is 8.54. The lowest BCUT2D eigenvalue weighted by atomic mass is 10.1. The summed E-state index contributed by atoms with van der Waals surface area (Å²) in [6.07, 6.45) is 4.19. The van der Waals surface area contributed by atoms with Gasteiger partial charge in [-0.2, -0.15) is 0 Å². The number of nitrogens with one attached hydrogen (secondary N) is 1. The minimum atomic E-state index is -0.117. The minimum absolute atomic E-state index is 0.117. The third kappa shape index (κ3) is 8.26. The van der Waals surface area contributed by atoms with Crippen LogP contribution in [0.2, 0.25) is 0 Å². The fourth-order valence-corrected chi connectivity index (χ4v) is 1.42. The zero-order chi connectivity index (χ0) is 10.1. The molecule has 0 aromatic heterocycles. The van der Waals surface area contributed by atoms with Gasteiger partial charge in [0, 0.05) is 0 Å². The largest absolute Gasteiger partial charge is 0.393 e. The van der Waals surface area contributed by atoms with Crippen molar-refractivity contribution in [1.29, 1.82) is 0 Å². The molecule has 13 heavy (non-hydrogen) atoms. The molecule has 2 nitrogen and oxygen atoms in total. The second-order valence-corrected chi connectivity index (χ2v) is 3.95. The van der Waals surface area contributed by atoms with Crippen molar-refractivity contribution in [2.45, 2.75) is 52.6 Å². The number of rotatable bonds is 8. The summed E-state index contributed by atoms with van der Waals surface area (Å²) in [6, 6.07) is 0. The number of aliphatic hydroxyl groups is 1. The third-order valence-corrected chi connectivity index (χ3v) is 2.40. The average molecular weight is 187 g/mol. The van der Waals surface area contributed by atoms with Gasteiger partial charge in [-0.1, -0.05) is 27.2 Å². The fourth-order valence-electron chi connectivity index (χ4n) is 1.42. The Balaban J connectivity index is 3.15. The van der Waals surface area contributed by atoms with E-state index in [4.69, 9.17) is 0 Å². The molecule has 0 saturated heterocycles. The van der Waals surface area contributed by atoms with E-state index in [0.29, 0.717) is 0 Å². The summed E-state index contributed by atoms with van der Waals surface area (Å²) in [5.74, 6) is 0.767. The van der Waals surface area contributed by atoms with Gasteiger partial charge in [-0.15, -0.1) is 0 Å². The molecule has 80 valence electrons. The monoisotopic (exact) mass is 187 g/mol. The molecule has 2 atom stereocenters. The maximum Gasteiger partial charge on any atom is 0.0549 e. The van der Waals surface area contributed by atoms with Crippen LogP contribution in [0.15, 0.2) is 0 Å². The predicted octanol–water partition coefficient (Wildman–Crippen LogP) is 2.17. The maximum atomic E-state index is 9.29. The topological polar surface area (TPSA) is 32.3 Å². The molecular formula is C11H25NO. The molecule has 0 heterocycles. The molecule has 0 amide bonds. The van der Waals surface area contributed by atoms with Crippen molar-refractivity contribution in [2.75, 3.05) is 13.1 Å². The molecule has 0 aliphatic carbocycles. The smallest absolute Gasteiger partial charge is 0.0549 e. The van der Waals surface area contributed by atoms with E-state index < -0.39 is 0 Å². The number of hydrogen-bond donors (Lipinski definition) is 2. The van der Waals surface area contributed by atoms with E-state index in [1.165, 1.54) is 12.8 Å². The Kier molecular flexibility index (Phi) is 8.46. The standard InChI is InChI=1S/C11H25NO/c1-4-6-10(3)9-12-8-7-11(13)5-2/h10-13H,4-9H2,1-3H3. The summed E-state index contributed by atoms with van der Waals surface area (Å²) in [5.41, 5.74) is 0. The third-order valence-electron chi connectivity index (χ3n) is 2.40. The molecule has 0 bridgehead atoms. The highest BCUT2D eigenvalue weighted by molar-refractivity contribution is 4.59. The second kappa shape index (κ2) is 8.52. The van der Waals surface area contributed by atoms with Crippen LogP contribution in [-0.4, -0.2) is 24.3 Å². The van der Waals surface area contributed by atoms with Crippen molar-refractivity contribution in [3.05, 3.63) is 0 Å². The highest BCUT2D eigenvalue weighted by Gasteiger charge is 2.01. The summed E-state index contributed by atoms with van der Waals surface area (Å²) in [7, 11) is 0. The molecule has 0 fully saturated rings. The van der Waals surface area contributed by atoms with Crippen molar-refractivity contribution in [3.63, 3.8) is 0 Å². The van der Waals surface area contributed by atoms with Crippen LogP contribution in [-0.2, 0) is 0 Å². The van der Waals surface area contributed by atoms with E-state index >= 15 is 0 Å². The van der Waals surface area contributed by atoms with Gasteiger partial charge in [0.15, 0.2) is 0 Å². The Morgan fingerprint density at radius 1 is 1.23 bits per heavy atom. The van der Waals surface area contributed by atoms with Crippen LogP contribution >= 0.6 is 0 Å². The van der Waals surface area contributed by atoms with Crippen molar-refractivity contribution < 1.29 is 5.11 Å². The highest BCUT2D eigenvalue weighted by atomic mass is 16.3. The lowest BCUT2D eigenvalue weighted by Gasteiger charge is -2.12. The van der Waals surface area contributed by atoms with Gasteiger partial charge in [-0.25, -0.2) is 0 Å². The molecule has 0 aromatic carbocycles. The van der Waals surface area contributed by atoms with Gasteiger partial charge in [0.25, 0.3) is 0 Å². The molecule has 2 unspecified atom stereocenters. The van der Waals surface area contributed by atoms with E-state index in [2.05, 4.69) is 19.2 Å². The van der Waals surface area contributed by atoms with Crippen LogP contribution in [0.5, 0.6) is 0 Å². The van der Waals surface area contributed by atoms with Gasteiger partial charge in [-0.05, 0) is 38.3 Å². The van der Waals surface area contributed by atoms with Gasteiger partial charge in [0.2, 0.25) is 0 Å². The van der Waals surface area contributed by atoms with Gasteiger partial charge in [0.05, 0.1) is 6.10 Å². The van der Waals surface area contributed by atoms with Crippen molar-refractivity contribution >= 4 is 0 Å². The molecule has 2 N–H and O–H groups in total. The second-order valence-electron chi connectivity index (χ2n) is 3.95. The summed E-state index contributed by atoms with van der Waals surface area (Å²) in [5, 5.41) is 12.7. The normalized spacial score (nSPS) is 15.7. The Hall–Kier alpha value is -0.0800. The van der Waals surface area contributed by atoms with Crippen LogP contribution < -0.4 is 5.32 Å². The van der Waals surface area contributed by atoms with E-state index in [1.807, 2.05) is 6.92 Å². The Bertz CT molecular complexity index is 106. The fraction of sp³-hybridized carbons (Fsp3) is 1.00. The Labute approximate surface area is 82.7 Å². The Morgan fingerprint density at radius 2 is 1.92 bits per heavy atom. The lowest BCUT2D eigenvalue weighted by molar-refractivity contribution is 0.159. The molecule has 2 heteroatoms. The van der Waals surface area contributed by atoms with Crippen LogP contribution in [0.3, 0.4) is 0 Å². The highest BCUT2D eigenvalue weighted by Crippen LogP contribution is 2.02. The molecular weight excluding hydrogens is 162 g/mol. The van der Waals surface area contributed by atoms with Crippen LogP contribution in [0, 0.1) is 5.92 Å². The molecule has 0 rings (SSSR count). The predicted molar refractivity (Wildman–Crippen MR) is 57.9 cm³/mol. The first-order valence-corrected chi connectivity index (χ1v) is 5.59. The van der Waals surface area contributed by atoms with Crippen LogP contribution in [0.25, 0.3) is 0 Å². The summed E-state index contributed by atoms with van der Waals surface area (Å²) in [4.78, 5) is 0. The number of hydrogen-bond acceptors (Lipinski definition) is 2. The zero-order valence-electron chi connectivity index (χ0n) is 9.34. The Morgan fingerprint density at radius 3 is 2.46 bits per heavy atom. The maximum absolute atomic E-state index is 9.29. The van der Waals surface area contributed by atoms with Crippen LogP contribution in [0.4, 0.5) is 0 Å². The first-order chi connectivity index (χ1) is 6.20. The molecule has 0 spiro atoms. The quantitative estimate of drug-likeness (QED) is 0.571. The van der Waals surface area contributed by atoms with E-state index in [1.54, 1.807) is 0 Å². The molecule has 0 aliphatic rings. The van der Waals surface area contributed by atoms with Crippen molar-refractivity contribution in [2.24, 2.45) is 5.92 Å². The zero-order valence-corrected chi connectivity index (χ0v) is 9.34. The van der Waals surface area contributed by atoms with Gasteiger partial charge >= 0.3 is 0 Å². The van der Waals surface area contributed by atoms with Crippen molar-refractivity contribution in [3.8, 4) is 0 Å². The summed E-state index contributed by atoms with van der Waals surface area (Å²) >= 11 is 0. The molecule has 0 saturated carbocycles. The van der Waals surface area contributed by atoms with Gasteiger partial charge < -0.3 is 10.4 Å². The average Bonchev–Trinajstić information content (AvgIpc) is 2.12. The number of aliphatic hydroxyl groups excluding tert-OH is 1. The first kappa shape index (κ1) is 12.9. The van der Waals surface area contributed by atoms with Crippen LogP contribution in [0.1, 0.15) is 46.5 Å². The van der Waals surface area contributed by atoms with E-state index in [-0.39, 0.29) is 6.10 Å². The molecule has 0 aromatic rings. The van der Waals surface area contributed by atoms with Gasteiger partial charge in [-0.3, -0.25) is 0 Å². The lowest BCUT2D eigenvalue weighted by Crippen LogP contribution is -2.24. The molecule has 0 radical (unpaired) electrons. The SMILES string of the molecule is CCCC(C)CNCCC(O)CC. The minimum Gasteiger partial charge on any atom is -0.393 e. The summed E-state index contributed by atoms with van der Waals surface area (Å²) < 4.78 is 0.